The molecule has 0 aliphatic heterocycles. The standard InChI is InChI=1S/C21H26N2O5S/c1-4-15-10-12-16(13-11-15)22-20(24)14-29(26,27)19(5-2)21(25)23-17-8-6-7-9-18(17)28-3/h6-13,19H,4-5,14H2,1-3H3,(H,22,24)(H,23,25). The Balaban J connectivity index is 2.07. The van der Waals surface area contributed by atoms with E-state index in [0.29, 0.717) is 17.1 Å². The molecular weight excluding hydrogens is 392 g/mol. The third-order valence-corrected chi connectivity index (χ3v) is 6.52. The number of carbonyl (C=O) groups is 2. The maximum absolute atomic E-state index is 12.7. The van der Waals surface area contributed by atoms with Crippen LogP contribution in [0, 0.1) is 0 Å². The van der Waals surface area contributed by atoms with E-state index in [-0.39, 0.29) is 6.42 Å². The molecule has 2 N–H and O–H groups in total. The van der Waals surface area contributed by atoms with Crippen LogP contribution in [0.25, 0.3) is 0 Å². The topological polar surface area (TPSA) is 102 Å². The van der Waals surface area contributed by atoms with Gasteiger partial charge in [0.1, 0.15) is 16.8 Å². The molecule has 0 aromatic heterocycles. The average Bonchev–Trinajstić information content (AvgIpc) is 2.68. The Bertz CT molecular complexity index is 955. The third-order valence-electron chi connectivity index (χ3n) is 4.44. The fraction of sp³-hybridized carbons (Fsp3) is 0.333. The van der Waals surface area contributed by atoms with Crippen LogP contribution in [0.2, 0.25) is 0 Å². The average molecular weight is 419 g/mol. The lowest BCUT2D eigenvalue weighted by molar-refractivity contribution is -0.115. The zero-order chi connectivity index (χ0) is 21.4. The number of nitrogens with one attached hydrogen (secondary N) is 2. The van der Waals surface area contributed by atoms with Gasteiger partial charge < -0.3 is 15.4 Å². The molecule has 2 amide bonds. The molecule has 1 unspecified atom stereocenters. The largest absolute Gasteiger partial charge is 0.495 e. The number of para-hydroxylation sites is 2. The molecule has 29 heavy (non-hydrogen) atoms. The summed E-state index contributed by atoms with van der Waals surface area (Å²) in [5, 5.41) is 3.80. The Morgan fingerprint density at radius 1 is 1.00 bits per heavy atom. The zero-order valence-electron chi connectivity index (χ0n) is 16.8. The maximum Gasteiger partial charge on any atom is 0.242 e. The van der Waals surface area contributed by atoms with Crippen LogP contribution in [0.5, 0.6) is 5.75 Å². The second-order valence-electron chi connectivity index (χ2n) is 6.49. The van der Waals surface area contributed by atoms with E-state index in [1.165, 1.54) is 7.11 Å². The van der Waals surface area contributed by atoms with Gasteiger partial charge in [-0.1, -0.05) is 38.1 Å². The number of hydrogen-bond donors (Lipinski definition) is 2. The number of benzene rings is 2. The molecule has 0 spiro atoms. The molecule has 2 aromatic rings. The van der Waals surface area contributed by atoms with E-state index < -0.39 is 32.7 Å². The first kappa shape index (κ1) is 22.4. The van der Waals surface area contributed by atoms with Gasteiger partial charge in [0.15, 0.2) is 9.84 Å². The molecule has 0 fully saturated rings. The Hall–Kier alpha value is -2.87. The van der Waals surface area contributed by atoms with Crippen LogP contribution >= 0.6 is 0 Å². The Morgan fingerprint density at radius 3 is 2.24 bits per heavy atom. The van der Waals surface area contributed by atoms with E-state index in [2.05, 4.69) is 10.6 Å². The third kappa shape index (κ3) is 6.05. The monoisotopic (exact) mass is 418 g/mol. The van der Waals surface area contributed by atoms with E-state index in [9.17, 15) is 18.0 Å². The van der Waals surface area contributed by atoms with Crippen molar-refractivity contribution in [1.29, 1.82) is 0 Å². The fourth-order valence-corrected chi connectivity index (χ4v) is 4.40. The van der Waals surface area contributed by atoms with E-state index >= 15 is 0 Å². The first-order valence-corrected chi connectivity index (χ1v) is 11.1. The summed E-state index contributed by atoms with van der Waals surface area (Å²) >= 11 is 0. The minimum atomic E-state index is -4.01. The predicted molar refractivity (Wildman–Crippen MR) is 114 cm³/mol. The van der Waals surface area contributed by atoms with Gasteiger partial charge in [0, 0.05) is 5.69 Å². The van der Waals surface area contributed by atoms with Gasteiger partial charge in [0.2, 0.25) is 11.8 Å². The van der Waals surface area contributed by atoms with Crippen molar-refractivity contribution in [3.63, 3.8) is 0 Å². The number of aryl methyl sites for hydroxylation is 1. The molecule has 1 atom stereocenters. The smallest absolute Gasteiger partial charge is 0.242 e. The van der Waals surface area contributed by atoms with E-state index in [1.807, 2.05) is 19.1 Å². The Labute approximate surface area is 171 Å². The highest BCUT2D eigenvalue weighted by atomic mass is 32.2. The van der Waals surface area contributed by atoms with Gasteiger partial charge in [-0.25, -0.2) is 8.42 Å². The number of hydrogen-bond acceptors (Lipinski definition) is 5. The Kier molecular flexibility index (Phi) is 7.78. The number of ether oxygens (including phenoxy) is 1. The normalized spacial score (nSPS) is 12.1. The molecule has 0 radical (unpaired) electrons. The number of sulfone groups is 1. The van der Waals surface area contributed by atoms with Gasteiger partial charge in [-0.2, -0.15) is 0 Å². The number of amides is 2. The first-order valence-electron chi connectivity index (χ1n) is 9.35. The number of methoxy groups -OCH3 is 1. The highest BCUT2D eigenvalue weighted by Gasteiger charge is 2.33. The second-order valence-corrected chi connectivity index (χ2v) is 8.68. The van der Waals surface area contributed by atoms with Gasteiger partial charge in [0.25, 0.3) is 0 Å². The van der Waals surface area contributed by atoms with Crippen molar-refractivity contribution in [1.82, 2.24) is 0 Å². The van der Waals surface area contributed by atoms with E-state index in [0.717, 1.165) is 12.0 Å². The van der Waals surface area contributed by atoms with Crippen molar-refractivity contribution >= 4 is 33.0 Å². The van der Waals surface area contributed by atoms with E-state index in [1.54, 1.807) is 43.3 Å². The SMILES string of the molecule is CCc1ccc(NC(=O)CS(=O)(=O)C(CC)C(=O)Nc2ccccc2OC)cc1. The lowest BCUT2D eigenvalue weighted by atomic mass is 10.1. The molecular formula is C21H26N2O5S. The van der Waals surface area contributed by atoms with Crippen LogP contribution in [-0.2, 0) is 25.8 Å². The minimum Gasteiger partial charge on any atom is -0.495 e. The van der Waals surface area contributed by atoms with Crippen LogP contribution < -0.4 is 15.4 Å². The molecule has 0 bridgehead atoms. The van der Waals surface area contributed by atoms with Crippen molar-refractivity contribution in [3.8, 4) is 5.75 Å². The van der Waals surface area contributed by atoms with Gasteiger partial charge in [-0.3, -0.25) is 9.59 Å². The van der Waals surface area contributed by atoms with Gasteiger partial charge >= 0.3 is 0 Å². The van der Waals surface area contributed by atoms with Crippen LogP contribution in [0.3, 0.4) is 0 Å². The molecule has 0 heterocycles. The summed E-state index contributed by atoms with van der Waals surface area (Å²) in [5.74, 6) is -1.74. The number of anilines is 2. The summed E-state index contributed by atoms with van der Waals surface area (Å²) in [5.41, 5.74) is 1.98. The summed E-state index contributed by atoms with van der Waals surface area (Å²) in [7, 11) is -2.55. The lowest BCUT2D eigenvalue weighted by Crippen LogP contribution is -2.39. The fourth-order valence-electron chi connectivity index (χ4n) is 2.87. The number of rotatable bonds is 9. The van der Waals surface area contributed by atoms with Gasteiger partial charge in [-0.15, -0.1) is 0 Å². The Morgan fingerprint density at radius 2 is 1.66 bits per heavy atom. The molecule has 0 saturated heterocycles. The molecule has 2 aromatic carbocycles. The second kappa shape index (κ2) is 10.1. The van der Waals surface area contributed by atoms with Crippen molar-refractivity contribution in [2.75, 3.05) is 23.5 Å². The predicted octanol–water partition coefficient (Wildman–Crippen LogP) is 3.03. The molecule has 156 valence electrons. The van der Waals surface area contributed by atoms with Crippen LogP contribution in [0.4, 0.5) is 11.4 Å². The minimum absolute atomic E-state index is 0.0434. The highest BCUT2D eigenvalue weighted by Crippen LogP contribution is 2.24. The van der Waals surface area contributed by atoms with E-state index in [4.69, 9.17) is 4.74 Å². The van der Waals surface area contributed by atoms with Crippen LogP contribution in [0.1, 0.15) is 25.8 Å². The molecule has 8 heteroatoms. The molecule has 2 rings (SSSR count). The van der Waals surface area contributed by atoms with Crippen molar-refractivity contribution in [2.45, 2.75) is 31.9 Å². The van der Waals surface area contributed by atoms with Crippen molar-refractivity contribution in [3.05, 3.63) is 54.1 Å². The van der Waals surface area contributed by atoms with Crippen molar-refractivity contribution in [2.24, 2.45) is 0 Å². The number of carbonyl (C=O) groups excluding carboxylic acids is 2. The van der Waals surface area contributed by atoms with Gasteiger partial charge in [-0.05, 0) is 42.7 Å². The molecule has 7 nitrogen and oxygen atoms in total. The molecule has 0 saturated carbocycles. The maximum atomic E-state index is 12.7. The molecule has 0 aliphatic carbocycles. The first-order chi connectivity index (χ1) is 13.8. The summed E-state index contributed by atoms with van der Waals surface area (Å²) in [4.78, 5) is 24.8. The van der Waals surface area contributed by atoms with Crippen molar-refractivity contribution < 1.29 is 22.7 Å². The zero-order valence-corrected chi connectivity index (χ0v) is 17.6. The summed E-state index contributed by atoms with van der Waals surface area (Å²) in [6.45, 7) is 3.60. The summed E-state index contributed by atoms with van der Waals surface area (Å²) in [6.07, 6.45) is 0.907. The highest BCUT2D eigenvalue weighted by molar-refractivity contribution is 7.93. The quantitative estimate of drug-likeness (QED) is 0.652. The van der Waals surface area contributed by atoms with Crippen LogP contribution in [-0.4, -0.2) is 38.3 Å². The summed E-state index contributed by atoms with van der Waals surface area (Å²) < 4.78 is 30.6. The van der Waals surface area contributed by atoms with Crippen LogP contribution in [0.15, 0.2) is 48.5 Å². The molecule has 0 aliphatic rings. The summed E-state index contributed by atoms with van der Waals surface area (Å²) in [6, 6.07) is 13.9. The van der Waals surface area contributed by atoms with Gasteiger partial charge in [0.05, 0.1) is 12.8 Å². The lowest BCUT2D eigenvalue weighted by Gasteiger charge is -2.17.